The van der Waals surface area contributed by atoms with E-state index >= 15 is 0 Å². The molecule has 0 amide bonds. The van der Waals surface area contributed by atoms with Gasteiger partial charge in [0.05, 0.1) is 22.8 Å². The molecule has 0 saturated heterocycles. The Kier molecular flexibility index (Phi) is 4.20. The SMILES string of the molecule is COc1cc(N)ccc1CS(=O)(=O)c1ccccc1Cl. The zero-order valence-electron chi connectivity index (χ0n) is 10.8. The molecule has 0 bridgehead atoms. The van der Waals surface area contributed by atoms with Gasteiger partial charge in [-0.3, -0.25) is 0 Å². The lowest BCUT2D eigenvalue weighted by molar-refractivity contribution is 0.411. The summed E-state index contributed by atoms with van der Waals surface area (Å²) in [5, 5.41) is 0.210. The number of anilines is 1. The number of hydrogen-bond donors (Lipinski definition) is 1. The molecule has 2 rings (SSSR count). The largest absolute Gasteiger partial charge is 0.496 e. The van der Waals surface area contributed by atoms with E-state index in [4.69, 9.17) is 22.1 Å². The van der Waals surface area contributed by atoms with Gasteiger partial charge in [-0.2, -0.15) is 0 Å². The minimum absolute atomic E-state index is 0.112. The summed E-state index contributed by atoms with van der Waals surface area (Å²) in [4.78, 5) is 0.112. The molecule has 0 aliphatic rings. The van der Waals surface area contributed by atoms with Crippen molar-refractivity contribution in [1.29, 1.82) is 0 Å². The Morgan fingerprint density at radius 1 is 1.20 bits per heavy atom. The van der Waals surface area contributed by atoms with E-state index in [1.807, 2.05) is 0 Å². The highest BCUT2D eigenvalue weighted by Crippen LogP contribution is 2.28. The Bertz CT molecular complexity index is 729. The van der Waals surface area contributed by atoms with Crippen molar-refractivity contribution in [3.63, 3.8) is 0 Å². The van der Waals surface area contributed by atoms with Crippen LogP contribution in [0.4, 0.5) is 5.69 Å². The molecule has 0 aliphatic heterocycles. The van der Waals surface area contributed by atoms with E-state index in [2.05, 4.69) is 0 Å². The van der Waals surface area contributed by atoms with Crippen molar-refractivity contribution in [2.75, 3.05) is 12.8 Å². The maximum absolute atomic E-state index is 12.4. The van der Waals surface area contributed by atoms with Crippen LogP contribution in [-0.2, 0) is 15.6 Å². The third-order valence-corrected chi connectivity index (χ3v) is 4.99. The smallest absolute Gasteiger partial charge is 0.184 e. The van der Waals surface area contributed by atoms with Gasteiger partial charge < -0.3 is 10.5 Å². The predicted octanol–water partition coefficient (Wildman–Crippen LogP) is 2.90. The Morgan fingerprint density at radius 3 is 2.55 bits per heavy atom. The molecule has 106 valence electrons. The highest BCUT2D eigenvalue weighted by atomic mass is 35.5. The van der Waals surface area contributed by atoms with E-state index in [1.54, 1.807) is 36.4 Å². The molecule has 4 nitrogen and oxygen atoms in total. The van der Waals surface area contributed by atoms with Gasteiger partial charge >= 0.3 is 0 Å². The molecular formula is C14H14ClNO3S. The number of ether oxygens (including phenoxy) is 1. The molecule has 0 atom stereocenters. The lowest BCUT2D eigenvalue weighted by Gasteiger charge is -2.11. The van der Waals surface area contributed by atoms with Crippen LogP contribution in [0.25, 0.3) is 0 Å². The number of rotatable bonds is 4. The van der Waals surface area contributed by atoms with Gasteiger partial charge in [-0.15, -0.1) is 0 Å². The first-order valence-electron chi connectivity index (χ1n) is 5.84. The summed E-state index contributed by atoms with van der Waals surface area (Å²) in [5.74, 6) is 0.251. The fourth-order valence-electron chi connectivity index (χ4n) is 1.86. The van der Waals surface area contributed by atoms with Crippen molar-refractivity contribution in [1.82, 2.24) is 0 Å². The minimum atomic E-state index is -3.54. The lowest BCUT2D eigenvalue weighted by atomic mass is 10.2. The fourth-order valence-corrected chi connectivity index (χ4v) is 3.80. The minimum Gasteiger partial charge on any atom is -0.496 e. The monoisotopic (exact) mass is 311 g/mol. The summed E-state index contributed by atoms with van der Waals surface area (Å²) in [6.07, 6.45) is 0. The highest BCUT2D eigenvalue weighted by Gasteiger charge is 2.20. The van der Waals surface area contributed by atoms with Crippen molar-refractivity contribution in [2.24, 2.45) is 0 Å². The fraction of sp³-hybridized carbons (Fsp3) is 0.143. The van der Waals surface area contributed by atoms with Gasteiger partial charge in [-0.25, -0.2) is 8.42 Å². The number of benzene rings is 2. The van der Waals surface area contributed by atoms with E-state index in [9.17, 15) is 8.42 Å². The van der Waals surface area contributed by atoms with Crippen LogP contribution in [-0.4, -0.2) is 15.5 Å². The molecule has 0 unspecified atom stereocenters. The molecule has 0 spiro atoms. The van der Waals surface area contributed by atoms with Crippen LogP contribution in [0, 0.1) is 0 Å². The molecule has 2 aromatic rings. The predicted molar refractivity (Wildman–Crippen MR) is 79.7 cm³/mol. The summed E-state index contributed by atoms with van der Waals surface area (Å²) in [5.41, 5.74) is 6.71. The van der Waals surface area contributed by atoms with Crippen molar-refractivity contribution in [3.8, 4) is 5.75 Å². The van der Waals surface area contributed by atoms with Gasteiger partial charge in [0.25, 0.3) is 0 Å². The standard InChI is InChI=1S/C14H14ClNO3S/c1-19-13-8-11(16)7-6-10(13)9-20(17,18)14-5-3-2-4-12(14)15/h2-8H,9,16H2,1H3. The Balaban J connectivity index is 2.41. The molecule has 2 aromatic carbocycles. The van der Waals surface area contributed by atoms with Gasteiger partial charge in [-0.1, -0.05) is 29.8 Å². The zero-order chi connectivity index (χ0) is 14.8. The highest BCUT2D eigenvalue weighted by molar-refractivity contribution is 7.90. The molecule has 0 saturated carbocycles. The van der Waals surface area contributed by atoms with E-state index in [1.165, 1.54) is 13.2 Å². The topological polar surface area (TPSA) is 69.4 Å². The maximum Gasteiger partial charge on any atom is 0.184 e. The lowest BCUT2D eigenvalue weighted by Crippen LogP contribution is -2.07. The van der Waals surface area contributed by atoms with Gasteiger partial charge in [0.2, 0.25) is 0 Å². The number of halogens is 1. The van der Waals surface area contributed by atoms with Crippen LogP contribution < -0.4 is 10.5 Å². The molecule has 2 N–H and O–H groups in total. The second-order valence-corrected chi connectivity index (χ2v) is 6.63. The summed E-state index contributed by atoms with van der Waals surface area (Å²) in [6.45, 7) is 0. The first kappa shape index (κ1) is 14.7. The first-order chi connectivity index (χ1) is 9.44. The summed E-state index contributed by atoms with van der Waals surface area (Å²) in [7, 11) is -2.07. The van der Waals surface area contributed by atoms with Crippen molar-refractivity contribution in [3.05, 3.63) is 53.1 Å². The van der Waals surface area contributed by atoms with Gasteiger partial charge in [-0.05, 0) is 18.2 Å². The van der Waals surface area contributed by atoms with E-state index in [0.717, 1.165) is 0 Å². The zero-order valence-corrected chi connectivity index (χ0v) is 12.4. The Labute approximate surface area is 123 Å². The van der Waals surface area contributed by atoms with Crippen molar-refractivity contribution >= 4 is 27.1 Å². The number of methoxy groups -OCH3 is 1. The van der Waals surface area contributed by atoms with Crippen LogP contribution >= 0.6 is 11.6 Å². The third kappa shape index (κ3) is 3.05. The van der Waals surface area contributed by atoms with E-state index in [-0.39, 0.29) is 15.7 Å². The van der Waals surface area contributed by atoms with E-state index in [0.29, 0.717) is 17.0 Å². The number of sulfone groups is 1. The number of nitrogens with two attached hydrogens (primary N) is 1. The molecule has 0 heterocycles. The molecule has 0 aromatic heterocycles. The van der Waals surface area contributed by atoms with Crippen LogP contribution in [0.3, 0.4) is 0 Å². The second-order valence-electron chi connectivity index (χ2n) is 4.26. The van der Waals surface area contributed by atoms with Gasteiger partial charge in [0, 0.05) is 17.3 Å². The summed E-state index contributed by atoms with van der Waals surface area (Å²) < 4.78 is 30.0. The quantitative estimate of drug-likeness (QED) is 0.881. The van der Waals surface area contributed by atoms with E-state index < -0.39 is 9.84 Å². The molecule has 0 radical (unpaired) electrons. The van der Waals surface area contributed by atoms with Crippen molar-refractivity contribution in [2.45, 2.75) is 10.6 Å². The number of hydrogen-bond acceptors (Lipinski definition) is 4. The summed E-state index contributed by atoms with van der Waals surface area (Å²) in [6, 6.07) is 11.2. The van der Waals surface area contributed by atoms with Crippen LogP contribution in [0.5, 0.6) is 5.75 Å². The van der Waals surface area contributed by atoms with Crippen LogP contribution in [0.15, 0.2) is 47.4 Å². The average Bonchev–Trinajstić information content (AvgIpc) is 2.41. The summed E-state index contributed by atoms with van der Waals surface area (Å²) >= 11 is 5.94. The number of nitrogen functional groups attached to an aromatic ring is 1. The molecule has 0 aliphatic carbocycles. The Hall–Kier alpha value is -1.72. The Morgan fingerprint density at radius 2 is 1.90 bits per heavy atom. The molecule has 20 heavy (non-hydrogen) atoms. The van der Waals surface area contributed by atoms with Crippen LogP contribution in [0.1, 0.15) is 5.56 Å². The van der Waals surface area contributed by atoms with Crippen molar-refractivity contribution < 1.29 is 13.2 Å². The maximum atomic E-state index is 12.4. The third-order valence-electron chi connectivity index (χ3n) is 2.83. The normalized spacial score (nSPS) is 11.3. The first-order valence-corrected chi connectivity index (χ1v) is 7.87. The van der Waals surface area contributed by atoms with Gasteiger partial charge in [0.1, 0.15) is 5.75 Å². The van der Waals surface area contributed by atoms with Gasteiger partial charge in [0.15, 0.2) is 9.84 Å². The molecule has 0 fully saturated rings. The average molecular weight is 312 g/mol. The second kappa shape index (κ2) is 5.73. The molecular weight excluding hydrogens is 298 g/mol. The van der Waals surface area contributed by atoms with Crippen LogP contribution in [0.2, 0.25) is 5.02 Å². The molecule has 6 heteroatoms.